The first-order chi connectivity index (χ1) is 13.5. The molecule has 2 N–H and O–H groups in total. The largest absolute Gasteiger partial charge is 0.396 e. The number of rotatable bonds is 4. The Morgan fingerprint density at radius 2 is 2.14 bits per heavy atom. The molecule has 2 amide bonds. The molecule has 2 aromatic rings. The number of aromatic nitrogens is 1. The molecule has 2 saturated heterocycles. The summed E-state index contributed by atoms with van der Waals surface area (Å²) in [6.45, 7) is 3.06. The highest BCUT2D eigenvalue weighted by molar-refractivity contribution is 5.89. The molecule has 0 aliphatic carbocycles. The van der Waals surface area contributed by atoms with Gasteiger partial charge in [-0.3, -0.25) is 9.88 Å². The van der Waals surface area contributed by atoms with E-state index in [0.29, 0.717) is 19.6 Å². The third kappa shape index (κ3) is 3.57. The van der Waals surface area contributed by atoms with Crippen LogP contribution >= 0.6 is 0 Å². The van der Waals surface area contributed by atoms with E-state index in [1.54, 1.807) is 11.1 Å². The predicted molar refractivity (Wildman–Crippen MR) is 99.5 cm³/mol. The maximum Gasteiger partial charge on any atom is 0.321 e. The van der Waals surface area contributed by atoms with Crippen molar-refractivity contribution in [3.8, 4) is 0 Å². The number of carbonyl (C=O) groups excluding carboxylic acids is 1. The van der Waals surface area contributed by atoms with Crippen LogP contribution in [0.2, 0.25) is 0 Å². The number of aliphatic hydroxyl groups is 1. The van der Waals surface area contributed by atoms with Gasteiger partial charge in [-0.15, -0.1) is 0 Å². The zero-order valence-electron chi connectivity index (χ0n) is 15.3. The number of hydrogen-bond donors (Lipinski definition) is 2. The Bertz CT molecular complexity index is 867. The summed E-state index contributed by atoms with van der Waals surface area (Å²) in [4.78, 5) is 20.6. The number of pyridine rings is 1. The molecule has 0 bridgehead atoms. The van der Waals surface area contributed by atoms with Crippen molar-refractivity contribution in [2.24, 2.45) is 11.3 Å². The van der Waals surface area contributed by atoms with Crippen molar-refractivity contribution in [1.29, 1.82) is 0 Å². The topological polar surface area (TPSA) is 68.7 Å². The molecule has 148 valence electrons. The number of anilines is 1. The summed E-state index contributed by atoms with van der Waals surface area (Å²) >= 11 is 0. The number of nitrogens with zero attached hydrogens (tertiary/aromatic N) is 3. The Labute approximate surface area is 161 Å². The van der Waals surface area contributed by atoms with Gasteiger partial charge < -0.3 is 15.3 Å². The van der Waals surface area contributed by atoms with Crippen LogP contribution in [0.5, 0.6) is 0 Å². The monoisotopic (exact) mass is 388 g/mol. The minimum atomic E-state index is -0.813. The van der Waals surface area contributed by atoms with E-state index in [9.17, 15) is 18.7 Å². The average Bonchev–Trinajstić information content (AvgIpc) is 3.19. The number of nitrogens with one attached hydrogen (secondary N) is 1. The normalized spacial score (nSPS) is 24.4. The minimum Gasteiger partial charge on any atom is -0.396 e. The number of benzene rings is 1. The van der Waals surface area contributed by atoms with Crippen molar-refractivity contribution < 1.29 is 18.7 Å². The molecular formula is C20H22F2N4O2. The van der Waals surface area contributed by atoms with E-state index < -0.39 is 17.7 Å². The smallest absolute Gasteiger partial charge is 0.321 e. The number of hydrogen-bond acceptors (Lipinski definition) is 4. The summed E-state index contributed by atoms with van der Waals surface area (Å²) in [7, 11) is 0. The SMILES string of the molecule is O=C(Nc1ccc(F)cc1F)N1CC2CN(Cc3cccnc3)CC2(CO)C1. The molecule has 0 radical (unpaired) electrons. The van der Waals surface area contributed by atoms with Crippen LogP contribution in [-0.4, -0.2) is 58.7 Å². The first kappa shape index (κ1) is 18.8. The van der Waals surface area contributed by atoms with Crippen LogP contribution in [-0.2, 0) is 6.54 Å². The van der Waals surface area contributed by atoms with Gasteiger partial charge in [0.25, 0.3) is 0 Å². The number of carbonyl (C=O) groups is 1. The third-order valence-corrected chi connectivity index (χ3v) is 5.73. The van der Waals surface area contributed by atoms with Gasteiger partial charge in [-0.2, -0.15) is 0 Å². The van der Waals surface area contributed by atoms with Gasteiger partial charge >= 0.3 is 6.03 Å². The second-order valence-corrected chi connectivity index (χ2v) is 7.68. The second-order valence-electron chi connectivity index (χ2n) is 7.68. The average molecular weight is 388 g/mol. The van der Waals surface area contributed by atoms with Gasteiger partial charge in [0.05, 0.1) is 12.3 Å². The summed E-state index contributed by atoms with van der Waals surface area (Å²) < 4.78 is 26.8. The maximum absolute atomic E-state index is 13.8. The molecule has 1 aromatic heterocycles. The zero-order valence-corrected chi connectivity index (χ0v) is 15.3. The molecule has 8 heteroatoms. The van der Waals surface area contributed by atoms with Crippen LogP contribution in [0.25, 0.3) is 0 Å². The summed E-state index contributed by atoms with van der Waals surface area (Å²) in [5, 5.41) is 12.6. The first-order valence-electron chi connectivity index (χ1n) is 9.22. The van der Waals surface area contributed by atoms with Gasteiger partial charge in [-0.25, -0.2) is 13.6 Å². The van der Waals surface area contributed by atoms with Gasteiger partial charge in [0.2, 0.25) is 0 Å². The molecule has 6 nitrogen and oxygen atoms in total. The summed E-state index contributed by atoms with van der Waals surface area (Å²) in [5.41, 5.74) is 0.664. The van der Waals surface area contributed by atoms with Crippen LogP contribution in [0.3, 0.4) is 0 Å². The lowest BCUT2D eigenvalue weighted by atomic mass is 9.82. The quantitative estimate of drug-likeness (QED) is 0.844. The molecule has 2 fully saturated rings. The van der Waals surface area contributed by atoms with Crippen molar-refractivity contribution in [1.82, 2.24) is 14.8 Å². The maximum atomic E-state index is 13.8. The standard InChI is InChI=1S/C20H22F2N4O2/c21-16-3-4-18(17(22)6-16)24-19(28)26-10-15-9-25(11-20(15,12-26)13-27)8-14-2-1-5-23-7-14/h1-7,15,27H,8-13H2,(H,24,28). The first-order valence-corrected chi connectivity index (χ1v) is 9.22. The molecule has 3 heterocycles. The minimum absolute atomic E-state index is 0.0180. The van der Waals surface area contributed by atoms with E-state index in [1.807, 2.05) is 18.3 Å². The summed E-state index contributed by atoms with van der Waals surface area (Å²) in [5.74, 6) is -1.37. The number of likely N-dealkylation sites (tertiary alicyclic amines) is 2. The van der Waals surface area contributed by atoms with Crippen molar-refractivity contribution in [3.63, 3.8) is 0 Å². The van der Waals surface area contributed by atoms with Crippen LogP contribution in [0.15, 0.2) is 42.7 Å². The lowest BCUT2D eigenvalue weighted by Gasteiger charge is -2.27. The Kier molecular flexibility index (Phi) is 4.99. The van der Waals surface area contributed by atoms with E-state index in [4.69, 9.17) is 0 Å². The van der Waals surface area contributed by atoms with Crippen LogP contribution < -0.4 is 5.32 Å². The fourth-order valence-corrected chi connectivity index (χ4v) is 4.32. The predicted octanol–water partition coefficient (Wildman–Crippen LogP) is 2.32. The number of halogens is 2. The molecular weight excluding hydrogens is 366 g/mol. The molecule has 0 spiro atoms. The van der Waals surface area contributed by atoms with Crippen molar-refractivity contribution in [2.45, 2.75) is 6.54 Å². The summed E-state index contributed by atoms with van der Waals surface area (Å²) in [6.07, 6.45) is 3.56. The van der Waals surface area contributed by atoms with Gasteiger partial charge in [-0.05, 0) is 23.8 Å². The van der Waals surface area contributed by atoms with Gasteiger partial charge in [0.15, 0.2) is 0 Å². The van der Waals surface area contributed by atoms with E-state index in [0.717, 1.165) is 30.8 Å². The molecule has 2 aliphatic heterocycles. The van der Waals surface area contributed by atoms with E-state index >= 15 is 0 Å². The molecule has 2 unspecified atom stereocenters. The highest BCUT2D eigenvalue weighted by Crippen LogP contribution is 2.42. The van der Waals surface area contributed by atoms with Gasteiger partial charge in [0.1, 0.15) is 11.6 Å². The van der Waals surface area contributed by atoms with E-state index in [-0.39, 0.29) is 23.6 Å². The fraction of sp³-hybridized carbons (Fsp3) is 0.400. The number of fused-ring (bicyclic) bond motifs is 1. The Morgan fingerprint density at radius 1 is 1.29 bits per heavy atom. The van der Waals surface area contributed by atoms with Crippen LogP contribution in [0.1, 0.15) is 5.56 Å². The molecule has 2 atom stereocenters. The molecule has 2 aliphatic rings. The molecule has 28 heavy (non-hydrogen) atoms. The lowest BCUT2D eigenvalue weighted by molar-refractivity contribution is 0.115. The highest BCUT2D eigenvalue weighted by Gasteiger charge is 2.53. The lowest BCUT2D eigenvalue weighted by Crippen LogP contribution is -2.40. The summed E-state index contributed by atoms with van der Waals surface area (Å²) in [6, 6.07) is 6.52. The van der Waals surface area contributed by atoms with Crippen molar-refractivity contribution in [2.75, 3.05) is 38.1 Å². The molecule has 0 saturated carbocycles. The zero-order chi connectivity index (χ0) is 19.7. The Hall–Kier alpha value is -2.58. The van der Waals surface area contributed by atoms with Crippen molar-refractivity contribution >= 4 is 11.7 Å². The van der Waals surface area contributed by atoms with Crippen LogP contribution in [0.4, 0.5) is 19.3 Å². The van der Waals surface area contributed by atoms with E-state index in [1.165, 1.54) is 6.07 Å². The van der Waals surface area contributed by atoms with E-state index in [2.05, 4.69) is 15.2 Å². The fourth-order valence-electron chi connectivity index (χ4n) is 4.32. The number of amides is 2. The van der Waals surface area contributed by atoms with Crippen LogP contribution in [0, 0.1) is 23.0 Å². The Balaban J connectivity index is 1.40. The van der Waals surface area contributed by atoms with Gasteiger partial charge in [-0.1, -0.05) is 6.07 Å². The number of urea groups is 1. The molecule has 4 rings (SSSR count). The Morgan fingerprint density at radius 3 is 2.82 bits per heavy atom. The highest BCUT2D eigenvalue weighted by atomic mass is 19.1. The van der Waals surface area contributed by atoms with Gasteiger partial charge in [0, 0.05) is 62.5 Å². The molecule has 1 aromatic carbocycles. The van der Waals surface area contributed by atoms with Crippen molar-refractivity contribution in [3.05, 3.63) is 59.9 Å². The second kappa shape index (κ2) is 7.44. The third-order valence-electron chi connectivity index (χ3n) is 5.73. The number of aliphatic hydroxyl groups excluding tert-OH is 1.